The van der Waals surface area contributed by atoms with Gasteiger partial charge in [-0.1, -0.05) is 6.07 Å². The average molecular weight is 335 g/mol. The second kappa shape index (κ2) is 9.93. The molecule has 1 saturated heterocycles. The first kappa shape index (κ1) is 19.1. The second-order valence-electron chi connectivity index (χ2n) is 6.82. The molecule has 1 unspecified atom stereocenters. The fourth-order valence-electron chi connectivity index (χ4n) is 2.86. The number of anilines is 1. The highest BCUT2D eigenvalue weighted by Gasteiger charge is 2.15. The molecule has 1 aromatic rings. The molecule has 0 bridgehead atoms. The molecule has 2 heterocycles. The maximum atomic E-state index is 5.10. The van der Waals surface area contributed by atoms with Crippen molar-refractivity contribution in [1.82, 2.24) is 20.1 Å². The molecule has 1 atom stereocenters. The summed E-state index contributed by atoms with van der Waals surface area (Å²) >= 11 is 0. The first-order valence-corrected chi connectivity index (χ1v) is 8.87. The normalized spacial score (nSPS) is 17.8. The van der Waals surface area contributed by atoms with E-state index in [0.29, 0.717) is 12.6 Å². The van der Waals surface area contributed by atoms with Gasteiger partial charge >= 0.3 is 0 Å². The quantitative estimate of drug-likeness (QED) is 0.723. The van der Waals surface area contributed by atoms with Crippen molar-refractivity contribution >= 4 is 5.82 Å². The molecular formula is C18H33N5O. The summed E-state index contributed by atoms with van der Waals surface area (Å²) in [4.78, 5) is 11.6. The smallest absolute Gasteiger partial charge is 0.128 e. The Morgan fingerprint density at radius 1 is 1.29 bits per heavy atom. The van der Waals surface area contributed by atoms with Crippen LogP contribution in [-0.4, -0.2) is 87.9 Å². The van der Waals surface area contributed by atoms with Crippen molar-refractivity contribution in [2.75, 3.05) is 72.0 Å². The second-order valence-corrected chi connectivity index (χ2v) is 6.82. The monoisotopic (exact) mass is 335 g/mol. The van der Waals surface area contributed by atoms with Gasteiger partial charge in [-0.3, -0.25) is 4.90 Å². The van der Waals surface area contributed by atoms with Gasteiger partial charge in [0, 0.05) is 72.2 Å². The molecule has 136 valence electrons. The van der Waals surface area contributed by atoms with Crippen LogP contribution in [0.1, 0.15) is 12.5 Å². The molecule has 1 aliphatic heterocycles. The number of rotatable bonds is 9. The Balaban J connectivity index is 1.71. The van der Waals surface area contributed by atoms with Gasteiger partial charge in [-0.25, -0.2) is 4.98 Å². The van der Waals surface area contributed by atoms with Crippen LogP contribution < -0.4 is 10.2 Å². The Hall–Kier alpha value is -1.21. The number of aromatic nitrogens is 1. The van der Waals surface area contributed by atoms with Gasteiger partial charge in [0.25, 0.3) is 0 Å². The van der Waals surface area contributed by atoms with Crippen LogP contribution in [0.15, 0.2) is 18.3 Å². The molecule has 0 spiro atoms. The van der Waals surface area contributed by atoms with Crippen molar-refractivity contribution in [3.8, 4) is 0 Å². The van der Waals surface area contributed by atoms with E-state index in [1.54, 1.807) is 7.11 Å². The van der Waals surface area contributed by atoms with Crippen molar-refractivity contribution in [3.63, 3.8) is 0 Å². The van der Waals surface area contributed by atoms with E-state index in [-0.39, 0.29) is 0 Å². The summed E-state index contributed by atoms with van der Waals surface area (Å²) in [6, 6.07) is 4.72. The summed E-state index contributed by atoms with van der Waals surface area (Å²) < 4.78 is 5.10. The molecule has 6 heteroatoms. The molecule has 1 aliphatic rings. The van der Waals surface area contributed by atoms with Crippen molar-refractivity contribution in [1.29, 1.82) is 0 Å². The van der Waals surface area contributed by atoms with Crippen LogP contribution in [0.4, 0.5) is 5.82 Å². The molecule has 0 radical (unpaired) electrons. The summed E-state index contributed by atoms with van der Waals surface area (Å²) in [6.45, 7) is 10.5. The number of piperazine rings is 1. The van der Waals surface area contributed by atoms with Crippen molar-refractivity contribution in [3.05, 3.63) is 23.9 Å². The van der Waals surface area contributed by atoms with Gasteiger partial charge in [0.05, 0.1) is 6.61 Å². The summed E-state index contributed by atoms with van der Waals surface area (Å²) in [7, 11) is 5.96. The number of nitrogens with one attached hydrogen (secondary N) is 1. The molecular weight excluding hydrogens is 302 g/mol. The Kier molecular flexibility index (Phi) is 7.91. The highest BCUT2D eigenvalue weighted by molar-refractivity contribution is 5.38. The number of hydrogen-bond acceptors (Lipinski definition) is 6. The van der Waals surface area contributed by atoms with Crippen molar-refractivity contribution in [2.45, 2.75) is 19.5 Å². The van der Waals surface area contributed by atoms with Gasteiger partial charge in [0.2, 0.25) is 0 Å². The fourth-order valence-corrected chi connectivity index (χ4v) is 2.86. The SMILES string of the molecule is COCCN(C)c1ccc(CNC(C)CN2CCN(C)CC2)cn1. The molecule has 0 amide bonds. The van der Waals surface area contributed by atoms with E-state index < -0.39 is 0 Å². The lowest BCUT2D eigenvalue weighted by molar-refractivity contribution is 0.144. The van der Waals surface area contributed by atoms with Gasteiger partial charge in [0.1, 0.15) is 5.82 Å². The zero-order valence-electron chi connectivity index (χ0n) is 15.7. The molecule has 1 N–H and O–H groups in total. The summed E-state index contributed by atoms with van der Waals surface area (Å²) in [5.41, 5.74) is 1.23. The Morgan fingerprint density at radius 3 is 2.67 bits per heavy atom. The lowest BCUT2D eigenvalue weighted by Crippen LogP contribution is -2.48. The number of nitrogens with zero attached hydrogens (tertiary/aromatic N) is 4. The zero-order valence-corrected chi connectivity index (χ0v) is 15.7. The molecule has 24 heavy (non-hydrogen) atoms. The molecule has 0 aliphatic carbocycles. The molecule has 6 nitrogen and oxygen atoms in total. The molecule has 1 aromatic heterocycles. The van der Waals surface area contributed by atoms with Crippen molar-refractivity contribution < 1.29 is 4.74 Å². The minimum atomic E-state index is 0.484. The van der Waals surface area contributed by atoms with Gasteiger partial charge < -0.3 is 19.9 Å². The van der Waals surface area contributed by atoms with E-state index in [1.165, 1.54) is 31.7 Å². The summed E-state index contributed by atoms with van der Waals surface area (Å²) in [5.74, 6) is 0.987. The molecule has 0 saturated carbocycles. The zero-order chi connectivity index (χ0) is 17.4. The van der Waals surface area contributed by atoms with Crippen LogP contribution >= 0.6 is 0 Å². The third-order valence-electron chi connectivity index (χ3n) is 4.61. The maximum Gasteiger partial charge on any atom is 0.128 e. The van der Waals surface area contributed by atoms with Crippen molar-refractivity contribution in [2.24, 2.45) is 0 Å². The van der Waals surface area contributed by atoms with Crippen LogP contribution in [0.25, 0.3) is 0 Å². The van der Waals surface area contributed by atoms with Gasteiger partial charge in [0.15, 0.2) is 0 Å². The minimum absolute atomic E-state index is 0.484. The number of methoxy groups -OCH3 is 1. The average Bonchev–Trinajstić information content (AvgIpc) is 2.60. The van der Waals surface area contributed by atoms with E-state index in [2.05, 4.69) is 51.1 Å². The first-order chi connectivity index (χ1) is 11.6. The van der Waals surface area contributed by atoms with E-state index in [4.69, 9.17) is 4.74 Å². The topological polar surface area (TPSA) is 43.9 Å². The standard InChI is InChI=1S/C18H33N5O/c1-16(15-23-9-7-21(2)8-10-23)19-13-17-5-6-18(20-14-17)22(3)11-12-24-4/h5-6,14,16,19H,7-13,15H2,1-4H3. The number of ether oxygens (including phenoxy) is 1. The third kappa shape index (κ3) is 6.36. The van der Waals surface area contributed by atoms with Gasteiger partial charge in [-0.2, -0.15) is 0 Å². The van der Waals surface area contributed by atoms with Crippen LogP contribution in [0.5, 0.6) is 0 Å². The maximum absolute atomic E-state index is 5.10. The van der Waals surface area contributed by atoms with E-state index >= 15 is 0 Å². The van der Waals surface area contributed by atoms with Crippen LogP contribution in [-0.2, 0) is 11.3 Å². The van der Waals surface area contributed by atoms with Gasteiger partial charge in [-0.05, 0) is 25.6 Å². The molecule has 1 fully saturated rings. The number of likely N-dealkylation sites (N-methyl/N-ethyl adjacent to an activating group) is 2. The fraction of sp³-hybridized carbons (Fsp3) is 0.722. The lowest BCUT2D eigenvalue weighted by atomic mass is 10.2. The molecule has 0 aromatic carbocycles. The predicted octanol–water partition coefficient (Wildman–Crippen LogP) is 0.890. The molecule has 2 rings (SSSR count). The third-order valence-corrected chi connectivity index (χ3v) is 4.61. The first-order valence-electron chi connectivity index (χ1n) is 8.87. The summed E-state index contributed by atoms with van der Waals surface area (Å²) in [6.07, 6.45) is 1.97. The number of pyridine rings is 1. The van der Waals surface area contributed by atoms with E-state index in [1.807, 2.05) is 13.2 Å². The van der Waals surface area contributed by atoms with Crippen LogP contribution in [0.2, 0.25) is 0 Å². The Morgan fingerprint density at radius 2 is 2.04 bits per heavy atom. The predicted molar refractivity (Wildman–Crippen MR) is 99.6 cm³/mol. The van der Waals surface area contributed by atoms with E-state index in [9.17, 15) is 0 Å². The lowest BCUT2D eigenvalue weighted by Gasteiger charge is -2.34. The summed E-state index contributed by atoms with van der Waals surface area (Å²) in [5, 5.41) is 3.61. The van der Waals surface area contributed by atoms with E-state index in [0.717, 1.165) is 25.5 Å². The van der Waals surface area contributed by atoms with Crippen LogP contribution in [0, 0.1) is 0 Å². The highest BCUT2D eigenvalue weighted by Crippen LogP contribution is 2.09. The largest absolute Gasteiger partial charge is 0.383 e. The van der Waals surface area contributed by atoms with Gasteiger partial charge in [-0.15, -0.1) is 0 Å². The number of hydrogen-bond donors (Lipinski definition) is 1. The Labute approximate surface area is 146 Å². The minimum Gasteiger partial charge on any atom is -0.383 e. The van der Waals surface area contributed by atoms with Crippen LogP contribution in [0.3, 0.4) is 0 Å². The Bertz CT molecular complexity index is 459. The highest BCUT2D eigenvalue weighted by atomic mass is 16.5.